The summed E-state index contributed by atoms with van der Waals surface area (Å²) in [6.45, 7) is 3.15. The zero-order valence-electron chi connectivity index (χ0n) is 14.7. The number of aromatic nitrogens is 2. The molecule has 1 aromatic heterocycles. The van der Waals surface area contributed by atoms with Crippen LogP contribution in [0, 0.1) is 5.92 Å². The molecule has 6 nitrogen and oxygen atoms in total. The number of rotatable bonds is 4. The van der Waals surface area contributed by atoms with Crippen molar-refractivity contribution in [3.63, 3.8) is 0 Å². The fourth-order valence-electron chi connectivity index (χ4n) is 3.44. The van der Waals surface area contributed by atoms with Gasteiger partial charge in [-0.05, 0) is 42.9 Å². The van der Waals surface area contributed by atoms with Crippen LogP contribution >= 0.6 is 0 Å². The van der Waals surface area contributed by atoms with Gasteiger partial charge in [-0.25, -0.2) is 4.98 Å². The molecule has 1 saturated heterocycles. The summed E-state index contributed by atoms with van der Waals surface area (Å²) < 4.78 is 1.83. The lowest BCUT2D eigenvalue weighted by molar-refractivity contribution is 0.0418. The number of aliphatic hydroxyl groups is 1. The Hall–Kier alpha value is -2.34. The molecule has 2 N–H and O–H groups in total. The molecule has 6 heteroatoms. The van der Waals surface area contributed by atoms with Crippen molar-refractivity contribution in [3.8, 4) is 5.75 Å². The third-order valence-electron chi connectivity index (χ3n) is 5.10. The number of carbonyl (C=O) groups excluding carboxylic acids is 1. The predicted octanol–water partition coefficient (Wildman–Crippen LogP) is 2.27. The number of hydrogen-bond acceptors (Lipinski definition) is 4. The van der Waals surface area contributed by atoms with Gasteiger partial charge >= 0.3 is 0 Å². The topological polar surface area (TPSA) is 78.6 Å². The van der Waals surface area contributed by atoms with Gasteiger partial charge in [0.15, 0.2) is 0 Å². The number of nitrogens with zero attached hydrogens (tertiary/aromatic N) is 3. The molecule has 0 aliphatic carbocycles. The minimum absolute atomic E-state index is 0.0412. The van der Waals surface area contributed by atoms with Gasteiger partial charge in [0.1, 0.15) is 17.7 Å². The molecule has 1 aliphatic rings. The molecule has 1 fully saturated rings. The van der Waals surface area contributed by atoms with E-state index in [0.29, 0.717) is 37.3 Å². The molecule has 25 heavy (non-hydrogen) atoms. The number of likely N-dealkylation sites (tertiary alicyclic amines) is 1. The molecular formula is C19H25N3O3. The van der Waals surface area contributed by atoms with Gasteiger partial charge in [0.2, 0.25) is 0 Å². The third kappa shape index (κ3) is 3.54. The first-order valence-electron chi connectivity index (χ1n) is 8.77. The Morgan fingerprint density at radius 3 is 2.64 bits per heavy atom. The lowest BCUT2D eigenvalue weighted by atomic mass is 9.90. The van der Waals surface area contributed by atoms with Crippen molar-refractivity contribution < 1.29 is 15.0 Å². The van der Waals surface area contributed by atoms with E-state index >= 15 is 0 Å². The van der Waals surface area contributed by atoms with Crippen molar-refractivity contribution in [2.24, 2.45) is 13.0 Å². The number of aryl methyl sites for hydroxylation is 2. The Kier molecular flexibility index (Phi) is 5.08. The Morgan fingerprint density at radius 1 is 1.36 bits per heavy atom. The number of hydrogen-bond donors (Lipinski definition) is 2. The SMILES string of the molecule is CCc1ccc(C(=O)N2CCC(C(O)c3nccn3C)CC2)c(O)c1. The first kappa shape index (κ1) is 17.5. The molecule has 2 heterocycles. The summed E-state index contributed by atoms with van der Waals surface area (Å²) >= 11 is 0. The maximum absolute atomic E-state index is 12.7. The number of amides is 1. The normalized spacial score (nSPS) is 16.8. The molecule has 3 rings (SSSR count). The summed E-state index contributed by atoms with van der Waals surface area (Å²) in [5.41, 5.74) is 1.35. The van der Waals surface area contributed by atoms with E-state index in [1.807, 2.05) is 30.8 Å². The van der Waals surface area contributed by atoms with Crippen LogP contribution in [0.25, 0.3) is 0 Å². The molecule has 1 unspecified atom stereocenters. The van der Waals surface area contributed by atoms with Crippen molar-refractivity contribution >= 4 is 5.91 Å². The van der Waals surface area contributed by atoms with Gasteiger partial charge in [-0.2, -0.15) is 0 Å². The average Bonchev–Trinajstić information content (AvgIpc) is 3.06. The van der Waals surface area contributed by atoms with Crippen LogP contribution in [0.5, 0.6) is 5.75 Å². The van der Waals surface area contributed by atoms with E-state index in [9.17, 15) is 15.0 Å². The molecule has 1 amide bonds. The van der Waals surface area contributed by atoms with E-state index < -0.39 is 6.10 Å². The van der Waals surface area contributed by atoms with E-state index in [-0.39, 0.29) is 17.6 Å². The molecule has 0 bridgehead atoms. The molecule has 2 aromatic rings. The molecule has 0 saturated carbocycles. The van der Waals surface area contributed by atoms with Crippen molar-refractivity contribution in [2.75, 3.05) is 13.1 Å². The standard InChI is InChI=1S/C19H25N3O3/c1-3-13-4-5-15(16(23)12-13)19(25)22-9-6-14(7-10-22)17(24)18-20-8-11-21(18)2/h4-5,8,11-12,14,17,23-24H,3,6-7,9-10H2,1-2H3. The maximum Gasteiger partial charge on any atom is 0.257 e. The van der Waals surface area contributed by atoms with Crippen molar-refractivity contribution in [2.45, 2.75) is 32.3 Å². The highest BCUT2D eigenvalue weighted by molar-refractivity contribution is 5.97. The van der Waals surface area contributed by atoms with Crippen LogP contribution in [0.2, 0.25) is 0 Å². The Balaban J connectivity index is 1.64. The van der Waals surface area contributed by atoms with E-state index in [4.69, 9.17) is 0 Å². The van der Waals surface area contributed by atoms with Crippen molar-refractivity contribution in [1.82, 2.24) is 14.5 Å². The zero-order chi connectivity index (χ0) is 18.0. The van der Waals surface area contributed by atoms with Crippen LogP contribution in [0.4, 0.5) is 0 Å². The first-order chi connectivity index (χ1) is 12.0. The second kappa shape index (κ2) is 7.27. The Morgan fingerprint density at radius 2 is 2.08 bits per heavy atom. The molecule has 0 radical (unpaired) electrons. The zero-order valence-corrected chi connectivity index (χ0v) is 14.7. The van der Waals surface area contributed by atoms with Gasteiger partial charge in [0, 0.05) is 32.5 Å². The minimum atomic E-state index is -0.616. The quantitative estimate of drug-likeness (QED) is 0.893. The van der Waals surface area contributed by atoms with E-state index in [1.165, 1.54) is 0 Å². The number of aromatic hydroxyl groups is 1. The highest BCUT2D eigenvalue weighted by Crippen LogP contribution is 2.31. The summed E-state index contributed by atoms with van der Waals surface area (Å²) in [5, 5.41) is 20.7. The molecule has 0 spiro atoms. The second-order valence-corrected chi connectivity index (χ2v) is 6.68. The summed E-state index contributed by atoms with van der Waals surface area (Å²) in [5.74, 6) is 0.642. The fraction of sp³-hybridized carbons (Fsp3) is 0.474. The van der Waals surface area contributed by atoms with Crippen LogP contribution in [-0.4, -0.2) is 43.7 Å². The number of imidazole rings is 1. The number of piperidine rings is 1. The smallest absolute Gasteiger partial charge is 0.257 e. The van der Waals surface area contributed by atoms with Gasteiger partial charge in [-0.15, -0.1) is 0 Å². The molecule has 1 aliphatic heterocycles. The summed E-state index contributed by atoms with van der Waals surface area (Å²) in [6, 6.07) is 5.24. The Bertz CT molecular complexity index is 748. The first-order valence-corrected chi connectivity index (χ1v) is 8.77. The van der Waals surface area contributed by atoms with Gasteiger partial charge in [-0.1, -0.05) is 13.0 Å². The Labute approximate surface area is 147 Å². The number of benzene rings is 1. The highest BCUT2D eigenvalue weighted by Gasteiger charge is 2.31. The van der Waals surface area contributed by atoms with E-state index in [2.05, 4.69) is 4.98 Å². The number of phenols is 1. The van der Waals surface area contributed by atoms with E-state index in [0.717, 1.165) is 12.0 Å². The van der Waals surface area contributed by atoms with Crippen molar-refractivity contribution in [3.05, 3.63) is 47.5 Å². The molecule has 134 valence electrons. The highest BCUT2D eigenvalue weighted by atomic mass is 16.3. The molecule has 1 aromatic carbocycles. The lowest BCUT2D eigenvalue weighted by Crippen LogP contribution is -2.40. The van der Waals surface area contributed by atoms with Crippen LogP contribution in [0.1, 0.15) is 47.6 Å². The fourth-order valence-corrected chi connectivity index (χ4v) is 3.44. The molecule has 1 atom stereocenters. The second-order valence-electron chi connectivity index (χ2n) is 6.68. The van der Waals surface area contributed by atoms with Crippen LogP contribution < -0.4 is 0 Å². The maximum atomic E-state index is 12.7. The third-order valence-corrected chi connectivity index (χ3v) is 5.10. The largest absolute Gasteiger partial charge is 0.507 e. The number of phenolic OH excluding ortho intramolecular Hbond substituents is 1. The van der Waals surface area contributed by atoms with Gasteiger partial charge in [0.25, 0.3) is 5.91 Å². The monoisotopic (exact) mass is 343 g/mol. The van der Waals surface area contributed by atoms with Gasteiger partial charge in [0.05, 0.1) is 5.56 Å². The average molecular weight is 343 g/mol. The van der Waals surface area contributed by atoms with E-state index in [1.54, 1.807) is 23.2 Å². The van der Waals surface area contributed by atoms with Crippen molar-refractivity contribution in [1.29, 1.82) is 0 Å². The molecular weight excluding hydrogens is 318 g/mol. The lowest BCUT2D eigenvalue weighted by Gasteiger charge is -2.34. The van der Waals surface area contributed by atoms with Crippen LogP contribution in [0.3, 0.4) is 0 Å². The number of aliphatic hydroxyl groups excluding tert-OH is 1. The summed E-state index contributed by atoms with van der Waals surface area (Å²) in [4.78, 5) is 18.6. The predicted molar refractivity (Wildman–Crippen MR) is 94.3 cm³/mol. The summed E-state index contributed by atoms with van der Waals surface area (Å²) in [6.07, 6.45) is 5.13. The number of carbonyl (C=O) groups is 1. The van der Waals surface area contributed by atoms with Crippen LogP contribution in [0.15, 0.2) is 30.6 Å². The van der Waals surface area contributed by atoms with Gasteiger partial charge < -0.3 is 19.7 Å². The van der Waals surface area contributed by atoms with Crippen LogP contribution in [-0.2, 0) is 13.5 Å². The van der Waals surface area contributed by atoms with Gasteiger partial charge in [-0.3, -0.25) is 4.79 Å². The summed E-state index contributed by atoms with van der Waals surface area (Å²) in [7, 11) is 1.87. The minimum Gasteiger partial charge on any atom is -0.507 e.